The Balaban J connectivity index is 3.10. The van der Waals surface area contributed by atoms with Crippen molar-refractivity contribution in [1.29, 1.82) is 0 Å². The zero-order valence-electron chi connectivity index (χ0n) is 15.8. The van der Waals surface area contributed by atoms with Crippen LogP contribution in [0, 0.1) is 0 Å². The highest BCUT2D eigenvalue weighted by atomic mass is 127. The number of hydrogen-bond acceptors (Lipinski definition) is 3. The fourth-order valence-corrected chi connectivity index (χ4v) is 3.04. The topological polar surface area (TPSA) is 35.5 Å². The maximum absolute atomic E-state index is 11.5. The van der Waals surface area contributed by atoms with Gasteiger partial charge in [0.1, 0.15) is 6.61 Å². The van der Waals surface area contributed by atoms with Crippen molar-refractivity contribution in [1.82, 2.24) is 0 Å². The molecule has 0 aromatic heterocycles. The number of ether oxygens (including phenoxy) is 2. The van der Waals surface area contributed by atoms with Crippen molar-refractivity contribution in [3.8, 4) is 0 Å². The second-order valence-electron chi connectivity index (χ2n) is 6.51. The highest BCUT2D eigenvalue weighted by Crippen LogP contribution is 2.13. The van der Waals surface area contributed by atoms with Gasteiger partial charge in [-0.05, 0) is 6.42 Å². The van der Waals surface area contributed by atoms with Crippen LogP contribution in [-0.4, -0.2) is 30.2 Å². The van der Waals surface area contributed by atoms with Gasteiger partial charge in [0, 0.05) is 10.8 Å². The van der Waals surface area contributed by atoms with Crippen LogP contribution in [-0.2, 0) is 14.3 Å². The molecule has 0 fully saturated rings. The van der Waals surface area contributed by atoms with Crippen molar-refractivity contribution in [2.45, 2.75) is 96.8 Å². The smallest absolute Gasteiger partial charge is 0.305 e. The molecule has 4 heteroatoms. The van der Waals surface area contributed by atoms with Gasteiger partial charge in [0.2, 0.25) is 0 Å². The second kappa shape index (κ2) is 21.2. The van der Waals surface area contributed by atoms with E-state index in [9.17, 15) is 4.79 Å². The van der Waals surface area contributed by atoms with E-state index in [0.717, 1.165) is 23.9 Å². The van der Waals surface area contributed by atoms with Crippen LogP contribution >= 0.6 is 22.6 Å². The minimum absolute atomic E-state index is 0.0730. The molecule has 0 heterocycles. The van der Waals surface area contributed by atoms with Crippen LogP contribution in [0.2, 0.25) is 0 Å². The number of alkyl halides is 1. The average molecular weight is 454 g/mol. The summed E-state index contributed by atoms with van der Waals surface area (Å²) < 4.78 is 11.4. The molecule has 3 nitrogen and oxygen atoms in total. The van der Waals surface area contributed by atoms with Gasteiger partial charge in [0.15, 0.2) is 0 Å². The van der Waals surface area contributed by atoms with Crippen molar-refractivity contribution in [3.63, 3.8) is 0 Å². The van der Waals surface area contributed by atoms with Gasteiger partial charge in [-0.2, -0.15) is 0 Å². The van der Waals surface area contributed by atoms with Crippen molar-refractivity contribution < 1.29 is 14.3 Å². The van der Waals surface area contributed by atoms with E-state index in [2.05, 4.69) is 29.5 Å². The molecule has 0 aliphatic rings. The lowest BCUT2D eigenvalue weighted by Crippen LogP contribution is -2.11. The first-order valence-electron chi connectivity index (χ1n) is 10.1. The molecule has 0 saturated carbocycles. The molecule has 0 aliphatic heterocycles. The summed E-state index contributed by atoms with van der Waals surface area (Å²) in [5.41, 5.74) is 0. The third-order valence-corrected chi connectivity index (χ3v) is 4.64. The molecule has 0 N–H and O–H groups in total. The highest BCUT2D eigenvalue weighted by molar-refractivity contribution is 14.1. The summed E-state index contributed by atoms with van der Waals surface area (Å²) in [6.07, 6.45) is 17.8. The van der Waals surface area contributed by atoms with E-state index < -0.39 is 0 Å². The van der Waals surface area contributed by atoms with Crippen LogP contribution in [0.25, 0.3) is 0 Å². The Labute approximate surface area is 163 Å². The molecule has 0 atom stereocenters. The van der Waals surface area contributed by atoms with Crippen LogP contribution in [0.3, 0.4) is 0 Å². The third kappa shape index (κ3) is 20.2. The van der Waals surface area contributed by atoms with Gasteiger partial charge in [-0.25, -0.2) is 0 Å². The van der Waals surface area contributed by atoms with E-state index in [1.807, 2.05) is 0 Å². The summed E-state index contributed by atoms with van der Waals surface area (Å²) in [6, 6.07) is 0. The Bertz CT molecular complexity index is 259. The zero-order valence-corrected chi connectivity index (χ0v) is 18.0. The number of halogens is 1. The molecule has 0 bridgehead atoms. The zero-order chi connectivity index (χ0) is 17.7. The number of carbonyl (C=O) groups is 1. The Morgan fingerprint density at radius 2 is 1.21 bits per heavy atom. The van der Waals surface area contributed by atoms with E-state index in [0.29, 0.717) is 19.6 Å². The molecule has 0 aromatic rings. The standard InChI is InChI=1S/C20H39IO3/c1-2-3-4-5-6-7-8-9-10-11-12-13-14-15-20(22)24-19-18-23-17-16-21/h2-19H2,1H3. The van der Waals surface area contributed by atoms with Gasteiger partial charge < -0.3 is 9.47 Å². The number of esters is 1. The molecule has 0 amide bonds. The van der Waals surface area contributed by atoms with E-state index in [1.165, 1.54) is 70.6 Å². The quantitative estimate of drug-likeness (QED) is 0.0972. The van der Waals surface area contributed by atoms with Gasteiger partial charge in [-0.3, -0.25) is 4.79 Å². The monoisotopic (exact) mass is 454 g/mol. The summed E-state index contributed by atoms with van der Waals surface area (Å²) in [5, 5.41) is 0. The normalized spacial score (nSPS) is 10.9. The third-order valence-electron chi connectivity index (χ3n) is 4.20. The summed E-state index contributed by atoms with van der Waals surface area (Å²) in [4.78, 5) is 11.5. The van der Waals surface area contributed by atoms with Gasteiger partial charge in [0.25, 0.3) is 0 Å². The molecule has 144 valence electrons. The summed E-state index contributed by atoms with van der Waals surface area (Å²) in [5.74, 6) is -0.0730. The van der Waals surface area contributed by atoms with Gasteiger partial charge >= 0.3 is 5.97 Å². The maximum Gasteiger partial charge on any atom is 0.305 e. The lowest BCUT2D eigenvalue weighted by atomic mass is 10.0. The van der Waals surface area contributed by atoms with E-state index in [1.54, 1.807) is 0 Å². The maximum atomic E-state index is 11.5. The van der Waals surface area contributed by atoms with Crippen LogP contribution in [0.4, 0.5) is 0 Å². The van der Waals surface area contributed by atoms with E-state index in [-0.39, 0.29) is 5.97 Å². The molecule has 24 heavy (non-hydrogen) atoms. The molecule has 0 spiro atoms. The Morgan fingerprint density at radius 3 is 1.71 bits per heavy atom. The molecular formula is C20H39IO3. The molecule has 0 rings (SSSR count). The molecule has 0 radical (unpaired) electrons. The fraction of sp³-hybridized carbons (Fsp3) is 0.950. The lowest BCUT2D eigenvalue weighted by molar-refractivity contribution is -0.145. The number of rotatable bonds is 19. The fourth-order valence-electron chi connectivity index (χ4n) is 2.73. The van der Waals surface area contributed by atoms with Crippen molar-refractivity contribution in [2.24, 2.45) is 0 Å². The largest absolute Gasteiger partial charge is 0.463 e. The summed E-state index contributed by atoms with van der Waals surface area (Å²) in [6.45, 7) is 3.92. The molecule has 0 saturated heterocycles. The van der Waals surface area contributed by atoms with Gasteiger partial charge in [-0.1, -0.05) is 107 Å². The minimum atomic E-state index is -0.0730. The van der Waals surface area contributed by atoms with Crippen LogP contribution in [0.15, 0.2) is 0 Å². The van der Waals surface area contributed by atoms with Crippen molar-refractivity contribution >= 4 is 28.6 Å². The average Bonchev–Trinajstić information content (AvgIpc) is 2.59. The van der Waals surface area contributed by atoms with E-state index in [4.69, 9.17) is 9.47 Å². The first-order valence-corrected chi connectivity index (χ1v) is 11.6. The van der Waals surface area contributed by atoms with E-state index >= 15 is 0 Å². The van der Waals surface area contributed by atoms with Crippen molar-refractivity contribution in [3.05, 3.63) is 0 Å². The predicted octanol–water partition coefficient (Wildman–Crippen LogP) is 6.46. The second-order valence-corrected chi connectivity index (χ2v) is 7.59. The van der Waals surface area contributed by atoms with Crippen LogP contribution < -0.4 is 0 Å². The van der Waals surface area contributed by atoms with Crippen LogP contribution in [0.5, 0.6) is 0 Å². The first kappa shape index (κ1) is 24.2. The number of carbonyl (C=O) groups excluding carboxylic acids is 1. The van der Waals surface area contributed by atoms with Gasteiger partial charge in [-0.15, -0.1) is 0 Å². The highest BCUT2D eigenvalue weighted by Gasteiger charge is 2.02. The van der Waals surface area contributed by atoms with Crippen molar-refractivity contribution in [2.75, 3.05) is 24.2 Å². The van der Waals surface area contributed by atoms with Crippen LogP contribution in [0.1, 0.15) is 96.8 Å². The first-order chi connectivity index (χ1) is 11.8. The molecule has 0 aromatic carbocycles. The Kier molecular flexibility index (Phi) is 21.3. The Morgan fingerprint density at radius 1 is 0.708 bits per heavy atom. The molecular weight excluding hydrogens is 415 g/mol. The predicted molar refractivity (Wildman–Crippen MR) is 111 cm³/mol. The summed E-state index contributed by atoms with van der Waals surface area (Å²) in [7, 11) is 0. The lowest BCUT2D eigenvalue weighted by Gasteiger charge is -2.05. The minimum Gasteiger partial charge on any atom is -0.463 e. The number of unbranched alkanes of at least 4 members (excludes halogenated alkanes) is 12. The molecule has 0 aliphatic carbocycles. The van der Waals surface area contributed by atoms with Gasteiger partial charge in [0.05, 0.1) is 13.2 Å². The Hall–Kier alpha value is 0.160. The number of hydrogen-bond donors (Lipinski definition) is 0. The summed E-state index contributed by atoms with van der Waals surface area (Å²) >= 11 is 2.26. The SMILES string of the molecule is CCCCCCCCCCCCCCCC(=O)OCCOCCI. The molecule has 0 unspecified atom stereocenters.